The smallest absolute Gasteiger partial charge is 0.240 e. The highest BCUT2D eigenvalue weighted by atomic mass is 32.2. The zero-order valence-corrected chi connectivity index (χ0v) is 12.2. The Bertz CT molecular complexity index is 406. The van der Waals surface area contributed by atoms with E-state index in [9.17, 15) is 13.2 Å². The van der Waals surface area contributed by atoms with Gasteiger partial charge in [-0.05, 0) is 32.6 Å². The molecule has 0 N–H and O–H groups in total. The SMILES string of the molecule is C/C=C\CS(=O)(=O)[C@@H](C)C(=O)N1CCC(C)CC1. The van der Waals surface area contributed by atoms with Crippen molar-refractivity contribution in [3.8, 4) is 0 Å². The van der Waals surface area contributed by atoms with E-state index in [1.54, 1.807) is 24.0 Å². The molecular weight excluding hydrogens is 250 g/mol. The summed E-state index contributed by atoms with van der Waals surface area (Å²) >= 11 is 0. The van der Waals surface area contributed by atoms with Gasteiger partial charge in [-0.15, -0.1) is 0 Å². The van der Waals surface area contributed by atoms with Gasteiger partial charge in [0.25, 0.3) is 0 Å². The van der Waals surface area contributed by atoms with Gasteiger partial charge in [0.15, 0.2) is 9.84 Å². The molecule has 0 spiro atoms. The Kier molecular flexibility index (Phi) is 5.38. The van der Waals surface area contributed by atoms with Crippen LogP contribution in [-0.2, 0) is 14.6 Å². The molecule has 18 heavy (non-hydrogen) atoms. The lowest BCUT2D eigenvalue weighted by molar-refractivity contribution is -0.131. The Balaban J connectivity index is 2.66. The summed E-state index contributed by atoms with van der Waals surface area (Å²) in [6, 6.07) is 0. The fraction of sp³-hybridized carbons (Fsp3) is 0.769. The van der Waals surface area contributed by atoms with E-state index >= 15 is 0 Å². The summed E-state index contributed by atoms with van der Waals surface area (Å²) in [7, 11) is -3.36. The molecule has 1 aliphatic rings. The number of likely N-dealkylation sites (tertiary alicyclic amines) is 1. The molecule has 4 nitrogen and oxygen atoms in total. The molecule has 0 aromatic rings. The van der Waals surface area contributed by atoms with Crippen molar-refractivity contribution in [1.29, 1.82) is 0 Å². The fourth-order valence-electron chi connectivity index (χ4n) is 2.01. The number of hydrogen-bond donors (Lipinski definition) is 0. The van der Waals surface area contributed by atoms with Crippen LogP contribution >= 0.6 is 0 Å². The van der Waals surface area contributed by atoms with Crippen molar-refractivity contribution in [2.45, 2.75) is 38.9 Å². The summed E-state index contributed by atoms with van der Waals surface area (Å²) in [5, 5.41) is -0.929. The molecule has 1 atom stereocenters. The molecule has 104 valence electrons. The van der Waals surface area contributed by atoms with Crippen molar-refractivity contribution in [2.24, 2.45) is 5.92 Å². The number of allylic oxidation sites excluding steroid dienone is 1. The highest BCUT2D eigenvalue weighted by molar-refractivity contribution is 7.92. The quantitative estimate of drug-likeness (QED) is 0.731. The molecule has 0 aliphatic carbocycles. The van der Waals surface area contributed by atoms with E-state index in [0.717, 1.165) is 12.8 Å². The largest absolute Gasteiger partial charge is 0.342 e. The Morgan fingerprint density at radius 3 is 2.44 bits per heavy atom. The van der Waals surface area contributed by atoms with Crippen LogP contribution in [0.2, 0.25) is 0 Å². The minimum absolute atomic E-state index is 0.0549. The van der Waals surface area contributed by atoms with E-state index in [0.29, 0.717) is 19.0 Å². The van der Waals surface area contributed by atoms with Crippen molar-refractivity contribution in [1.82, 2.24) is 4.90 Å². The van der Waals surface area contributed by atoms with Crippen LogP contribution in [0.3, 0.4) is 0 Å². The molecule has 0 bridgehead atoms. The molecule has 1 aliphatic heterocycles. The van der Waals surface area contributed by atoms with Gasteiger partial charge >= 0.3 is 0 Å². The molecule has 0 aromatic carbocycles. The molecule has 0 saturated carbocycles. The number of nitrogens with zero attached hydrogens (tertiary/aromatic N) is 1. The topological polar surface area (TPSA) is 54.5 Å². The summed E-state index contributed by atoms with van der Waals surface area (Å²) in [6.07, 6.45) is 5.20. The number of carbonyl (C=O) groups is 1. The van der Waals surface area contributed by atoms with Gasteiger partial charge in [-0.1, -0.05) is 19.1 Å². The second-order valence-corrected chi connectivity index (χ2v) is 7.41. The van der Waals surface area contributed by atoms with Crippen LogP contribution in [-0.4, -0.2) is 43.3 Å². The Morgan fingerprint density at radius 1 is 1.39 bits per heavy atom. The van der Waals surface area contributed by atoms with Gasteiger partial charge in [-0.2, -0.15) is 0 Å². The summed E-state index contributed by atoms with van der Waals surface area (Å²) in [5.74, 6) is 0.330. The number of rotatable bonds is 4. The second kappa shape index (κ2) is 6.36. The summed E-state index contributed by atoms with van der Waals surface area (Å²) in [6.45, 7) is 6.80. The molecule has 5 heteroatoms. The van der Waals surface area contributed by atoms with Crippen LogP contribution in [0, 0.1) is 5.92 Å². The molecule has 1 saturated heterocycles. The summed E-state index contributed by atoms with van der Waals surface area (Å²) in [5.41, 5.74) is 0. The first-order valence-electron chi connectivity index (χ1n) is 6.50. The molecule has 0 radical (unpaired) electrons. The first-order chi connectivity index (χ1) is 8.38. The highest BCUT2D eigenvalue weighted by Crippen LogP contribution is 2.18. The number of piperidine rings is 1. The van der Waals surface area contributed by atoms with E-state index in [1.165, 1.54) is 6.92 Å². The van der Waals surface area contributed by atoms with E-state index in [4.69, 9.17) is 0 Å². The number of amides is 1. The second-order valence-electron chi connectivity index (χ2n) is 5.05. The third kappa shape index (κ3) is 3.83. The van der Waals surface area contributed by atoms with Crippen molar-refractivity contribution in [3.63, 3.8) is 0 Å². The van der Waals surface area contributed by atoms with Crippen LogP contribution in [0.5, 0.6) is 0 Å². The van der Waals surface area contributed by atoms with E-state index in [2.05, 4.69) is 6.92 Å². The Labute approximate surface area is 110 Å². The van der Waals surface area contributed by atoms with Crippen LogP contribution in [0.25, 0.3) is 0 Å². The molecule has 0 aromatic heterocycles. The van der Waals surface area contributed by atoms with Crippen molar-refractivity contribution in [2.75, 3.05) is 18.8 Å². The first-order valence-corrected chi connectivity index (χ1v) is 8.21. The minimum Gasteiger partial charge on any atom is -0.342 e. The van der Waals surface area contributed by atoms with Crippen molar-refractivity contribution in [3.05, 3.63) is 12.2 Å². The van der Waals surface area contributed by atoms with Gasteiger partial charge in [0.2, 0.25) is 5.91 Å². The maximum Gasteiger partial charge on any atom is 0.240 e. The lowest BCUT2D eigenvalue weighted by Crippen LogP contribution is -2.45. The molecular formula is C13H23NO3S. The lowest BCUT2D eigenvalue weighted by Gasteiger charge is -2.32. The summed E-state index contributed by atoms with van der Waals surface area (Å²) < 4.78 is 23.9. The highest BCUT2D eigenvalue weighted by Gasteiger charge is 2.32. The maximum atomic E-state index is 12.1. The van der Waals surface area contributed by atoms with Gasteiger partial charge < -0.3 is 4.90 Å². The zero-order valence-electron chi connectivity index (χ0n) is 11.4. The predicted molar refractivity (Wildman–Crippen MR) is 73.0 cm³/mol. The van der Waals surface area contributed by atoms with Crippen LogP contribution in [0.15, 0.2) is 12.2 Å². The van der Waals surface area contributed by atoms with Crippen LogP contribution < -0.4 is 0 Å². The average molecular weight is 273 g/mol. The molecule has 1 amide bonds. The fourth-order valence-corrected chi connectivity index (χ4v) is 3.22. The number of carbonyl (C=O) groups excluding carboxylic acids is 1. The van der Waals surface area contributed by atoms with Gasteiger partial charge in [0.1, 0.15) is 5.25 Å². The van der Waals surface area contributed by atoms with Gasteiger partial charge in [-0.3, -0.25) is 4.79 Å². The van der Waals surface area contributed by atoms with Crippen LogP contribution in [0.1, 0.15) is 33.6 Å². The monoisotopic (exact) mass is 273 g/mol. The minimum atomic E-state index is -3.36. The van der Waals surface area contributed by atoms with Gasteiger partial charge in [0, 0.05) is 13.1 Å². The first kappa shape index (κ1) is 15.2. The van der Waals surface area contributed by atoms with Gasteiger partial charge in [-0.25, -0.2) is 8.42 Å². The van der Waals surface area contributed by atoms with E-state index in [-0.39, 0.29) is 11.7 Å². The predicted octanol–water partition coefficient (Wildman–Crippen LogP) is 1.62. The van der Waals surface area contributed by atoms with Crippen molar-refractivity contribution < 1.29 is 13.2 Å². The Morgan fingerprint density at radius 2 is 1.94 bits per heavy atom. The molecule has 1 rings (SSSR count). The maximum absolute atomic E-state index is 12.1. The third-order valence-corrected chi connectivity index (χ3v) is 5.48. The molecule has 1 heterocycles. The number of hydrogen-bond acceptors (Lipinski definition) is 3. The molecule has 1 fully saturated rings. The molecule has 0 unspecified atom stereocenters. The standard InChI is InChI=1S/C13H23NO3S/c1-4-5-10-18(16,17)12(3)13(15)14-8-6-11(2)7-9-14/h4-5,11-12H,6-10H2,1-3H3/b5-4-/t12-/m0/s1. The average Bonchev–Trinajstić information content (AvgIpc) is 2.35. The third-order valence-electron chi connectivity index (χ3n) is 3.55. The number of sulfone groups is 1. The zero-order chi connectivity index (χ0) is 13.8. The van der Waals surface area contributed by atoms with Crippen LogP contribution in [0.4, 0.5) is 0 Å². The summed E-state index contributed by atoms with van der Waals surface area (Å²) in [4.78, 5) is 13.8. The van der Waals surface area contributed by atoms with E-state index in [1.807, 2.05) is 0 Å². The van der Waals surface area contributed by atoms with Crippen molar-refractivity contribution >= 4 is 15.7 Å². The van der Waals surface area contributed by atoms with Gasteiger partial charge in [0.05, 0.1) is 5.75 Å². The van der Waals surface area contributed by atoms with E-state index < -0.39 is 15.1 Å². The normalized spacial score (nSPS) is 20.3. The lowest BCUT2D eigenvalue weighted by atomic mass is 9.99. The Hall–Kier alpha value is -0.840.